The summed E-state index contributed by atoms with van der Waals surface area (Å²) in [5, 5.41) is 3.21. The molecular weight excluding hydrogens is 433 g/mol. The molecule has 3 aromatic heterocycles. The summed E-state index contributed by atoms with van der Waals surface area (Å²) in [4.78, 5) is 7.33. The van der Waals surface area contributed by atoms with E-state index in [1.165, 1.54) is 42.7 Å². The lowest BCUT2D eigenvalue weighted by molar-refractivity contribution is -0.159. The number of halogens is 3. The van der Waals surface area contributed by atoms with Gasteiger partial charge in [-0.15, -0.1) is 0 Å². The van der Waals surface area contributed by atoms with Crippen LogP contribution in [0.2, 0.25) is 0 Å². The summed E-state index contributed by atoms with van der Waals surface area (Å²) in [6, 6.07) is 11.5. The molecule has 0 unspecified atom stereocenters. The van der Waals surface area contributed by atoms with Crippen LogP contribution in [-0.2, 0) is 16.2 Å². The van der Waals surface area contributed by atoms with Crippen LogP contribution < -0.4 is 0 Å². The van der Waals surface area contributed by atoms with Crippen LogP contribution in [-0.4, -0.2) is 27.5 Å². The van der Waals surface area contributed by atoms with Crippen LogP contribution in [0.3, 0.4) is 0 Å². The van der Waals surface area contributed by atoms with Gasteiger partial charge in [-0.05, 0) is 53.1 Å². The smallest absolute Gasteiger partial charge is 0.329 e. The molecule has 4 rings (SSSR count). The second kappa shape index (κ2) is 7.84. The fraction of sp³-hybridized carbons (Fsp3) is 0.0500. The molecule has 0 fully saturated rings. The van der Waals surface area contributed by atoms with E-state index >= 15 is 0 Å². The number of nitrogens with zero attached hydrogens (tertiary/aromatic N) is 4. The third kappa shape index (κ3) is 4.40. The first-order valence-electron chi connectivity index (χ1n) is 8.76. The minimum absolute atomic E-state index is 0.0826. The summed E-state index contributed by atoms with van der Waals surface area (Å²) in [5.74, 6) is -1.74. The van der Waals surface area contributed by atoms with Gasteiger partial charge in [0.05, 0.1) is 4.90 Å². The molecule has 0 radical (unpaired) electrons. The second-order valence-corrected chi connectivity index (χ2v) is 8.18. The molecule has 0 saturated heterocycles. The Labute approximate surface area is 174 Å². The Morgan fingerprint density at radius 3 is 2.42 bits per heavy atom. The summed E-state index contributed by atoms with van der Waals surface area (Å²) in [6.07, 6.45) is 3.82. The summed E-state index contributed by atoms with van der Waals surface area (Å²) in [7, 11) is -3.85. The molecule has 31 heavy (non-hydrogen) atoms. The topological polar surface area (TPSA) is 90.9 Å². The van der Waals surface area contributed by atoms with Crippen molar-refractivity contribution in [2.75, 3.05) is 0 Å². The van der Waals surface area contributed by atoms with Gasteiger partial charge >= 0.3 is 12.1 Å². The average molecular weight is 446 g/mol. The van der Waals surface area contributed by atoms with E-state index in [9.17, 15) is 21.6 Å². The van der Waals surface area contributed by atoms with Crippen LogP contribution in [0.4, 0.5) is 13.2 Å². The zero-order chi connectivity index (χ0) is 22.1. The number of rotatable bonds is 5. The highest BCUT2D eigenvalue weighted by Gasteiger charge is 2.38. The number of pyridine rings is 1. The van der Waals surface area contributed by atoms with E-state index < -0.39 is 22.1 Å². The Morgan fingerprint density at radius 2 is 1.77 bits per heavy atom. The Bertz CT molecular complexity index is 1330. The quantitative estimate of drug-likeness (QED) is 0.453. The molecule has 0 amide bonds. The summed E-state index contributed by atoms with van der Waals surface area (Å²) in [5.41, 5.74) is 2.10. The van der Waals surface area contributed by atoms with Crippen LogP contribution in [0.5, 0.6) is 0 Å². The molecule has 4 aromatic rings. The summed E-state index contributed by atoms with van der Waals surface area (Å²) >= 11 is 0. The predicted molar refractivity (Wildman–Crippen MR) is 105 cm³/mol. The normalized spacial score (nSPS) is 12.5. The van der Waals surface area contributed by atoms with Crippen LogP contribution in [0, 0.1) is 0 Å². The van der Waals surface area contributed by atoms with E-state index in [4.69, 9.17) is 0 Å². The highest BCUT2D eigenvalue weighted by atomic mass is 32.2. The maximum absolute atomic E-state index is 12.8. The van der Waals surface area contributed by atoms with E-state index in [0.717, 1.165) is 15.1 Å². The lowest BCUT2D eigenvalue weighted by Crippen LogP contribution is -2.10. The van der Waals surface area contributed by atoms with Crippen molar-refractivity contribution >= 4 is 22.2 Å². The summed E-state index contributed by atoms with van der Waals surface area (Å²) < 4.78 is 68.3. The number of hydrogen-bond acceptors (Lipinski definition) is 6. The average Bonchev–Trinajstić information content (AvgIpc) is 3.43. The number of hydrogen-bond donors (Lipinski definition) is 0. The van der Waals surface area contributed by atoms with Crippen molar-refractivity contribution in [2.24, 2.45) is 0 Å². The lowest BCUT2D eigenvalue weighted by Gasteiger charge is -2.07. The molecule has 1 aromatic carbocycles. The van der Waals surface area contributed by atoms with E-state index in [0.29, 0.717) is 5.56 Å². The number of benzene rings is 1. The van der Waals surface area contributed by atoms with E-state index in [2.05, 4.69) is 19.6 Å². The Morgan fingerprint density at radius 1 is 1.00 bits per heavy atom. The first kappa shape index (κ1) is 20.5. The largest absolute Gasteiger partial charge is 0.471 e. The monoisotopic (exact) mass is 446 g/mol. The van der Waals surface area contributed by atoms with Gasteiger partial charge in [0.15, 0.2) is 5.82 Å². The molecular formula is C20H13F3N4O3S. The fourth-order valence-electron chi connectivity index (χ4n) is 2.70. The first-order valence-corrected chi connectivity index (χ1v) is 10.2. The molecule has 3 heterocycles. The molecule has 0 aliphatic heterocycles. The molecule has 11 heteroatoms. The highest BCUT2D eigenvalue weighted by Crippen LogP contribution is 2.27. The molecule has 7 nitrogen and oxygen atoms in total. The standard InChI is InChI=1S/C20H13F3N4O3S/c21-20(22,23)19-25-18(26-30-19)8-3-14-9-11-27(13-14)31(28,29)17-6-4-15(5-7-17)16-2-1-10-24-12-16/h1-13H. The molecule has 158 valence electrons. The maximum atomic E-state index is 12.8. The van der Waals surface area contributed by atoms with Gasteiger partial charge in [0.1, 0.15) is 0 Å². The van der Waals surface area contributed by atoms with Crippen molar-refractivity contribution in [2.45, 2.75) is 11.1 Å². The van der Waals surface area contributed by atoms with Crippen LogP contribution in [0.15, 0.2) is 76.7 Å². The van der Waals surface area contributed by atoms with Crippen molar-refractivity contribution in [3.05, 3.63) is 84.5 Å². The second-order valence-electron chi connectivity index (χ2n) is 6.33. The molecule has 0 aliphatic rings. The van der Waals surface area contributed by atoms with E-state index in [-0.39, 0.29) is 10.7 Å². The third-order valence-corrected chi connectivity index (χ3v) is 5.87. The first-order chi connectivity index (χ1) is 14.7. The van der Waals surface area contributed by atoms with Crippen LogP contribution >= 0.6 is 0 Å². The Kier molecular flexibility index (Phi) is 5.19. The lowest BCUT2D eigenvalue weighted by atomic mass is 10.1. The van der Waals surface area contributed by atoms with E-state index in [1.807, 2.05) is 6.07 Å². The predicted octanol–water partition coefficient (Wildman–Crippen LogP) is 4.36. The van der Waals surface area contributed by atoms with Gasteiger partial charge in [-0.3, -0.25) is 4.98 Å². The minimum Gasteiger partial charge on any atom is -0.329 e. The SMILES string of the molecule is O=S(=O)(c1ccc(-c2cccnc2)cc1)n1ccc(C=Cc2noc(C(F)(F)F)n2)c1. The number of aromatic nitrogens is 4. The van der Waals surface area contributed by atoms with Crippen molar-refractivity contribution < 1.29 is 26.1 Å². The molecule has 0 N–H and O–H groups in total. The molecule has 0 saturated carbocycles. The van der Waals surface area contributed by atoms with Gasteiger partial charge in [-0.25, -0.2) is 12.4 Å². The van der Waals surface area contributed by atoms with Crippen molar-refractivity contribution in [3.63, 3.8) is 0 Å². The van der Waals surface area contributed by atoms with Gasteiger partial charge in [0.2, 0.25) is 0 Å². The molecule has 0 atom stereocenters. The molecule has 0 aliphatic carbocycles. The van der Waals surface area contributed by atoms with Gasteiger partial charge in [0, 0.05) is 24.8 Å². The van der Waals surface area contributed by atoms with Gasteiger partial charge in [-0.2, -0.15) is 18.2 Å². The minimum atomic E-state index is -4.73. The van der Waals surface area contributed by atoms with Gasteiger partial charge in [-0.1, -0.05) is 23.4 Å². The number of alkyl halides is 3. The van der Waals surface area contributed by atoms with Crippen molar-refractivity contribution in [1.82, 2.24) is 19.1 Å². The zero-order valence-corrected chi connectivity index (χ0v) is 16.4. The zero-order valence-electron chi connectivity index (χ0n) is 15.6. The van der Waals surface area contributed by atoms with Gasteiger partial charge in [0.25, 0.3) is 10.0 Å². The molecule has 0 bridgehead atoms. The van der Waals surface area contributed by atoms with E-state index in [1.54, 1.807) is 30.6 Å². The Hall–Kier alpha value is -3.73. The van der Waals surface area contributed by atoms with Crippen LogP contribution in [0.1, 0.15) is 17.3 Å². The third-order valence-electron chi connectivity index (χ3n) is 4.22. The maximum Gasteiger partial charge on any atom is 0.471 e. The fourth-order valence-corrected chi connectivity index (χ4v) is 3.91. The van der Waals surface area contributed by atoms with Gasteiger partial charge < -0.3 is 4.52 Å². The Balaban J connectivity index is 1.53. The van der Waals surface area contributed by atoms with Crippen LogP contribution in [0.25, 0.3) is 23.3 Å². The molecule has 0 spiro atoms. The highest BCUT2D eigenvalue weighted by molar-refractivity contribution is 7.90. The van der Waals surface area contributed by atoms with Crippen molar-refractivity contribution in [3.8, 4) is 11.1 Å². The summed E-state index contributed by atoms with van der Waals surface area (Å²) in [6.45, 7) is 0. The van der Waals surface area contributed by atoms with Crippen molar-refractivity contribution in [1.29, 1.82) is 0 Å².